The van der Waals surface area contributed by atoms with Gasteiger partial charge in [0.25, 0.3) is 0 Å². The Labute approximate surface area is 176 Å². The molecule has 2 bridgehead atoms. The van der Waals surface area contributed by atoms with E-state index in [1.807, 2.05) is 35.1 Å². The van der Waals surface area contributed by atoms with Crippen LogP contribution in [0.3, 0.4) is 0 Å². The second-order valence-corrected chi connectivity index (χ2v) is 8.26. The van der Waals surface area contributed by atoms with Gasteiger partial charge in [-0.1, -0.05) is 17.3 Å². The van der Waals surface area contributed by atoms with Crippen LogP contribution in [-0.2, 0) is 16.1 Å². The van der Waals surface area contributed by atoms with Crippen LogP contribution in [-0.4, -0.2) is 63.9 Å². The molecule has 2 amide bonds. The third-order valence-electron chi connectivity index (χ3n) is 6.13. The van der Waals surface area contributed by atoms with E-state index >= 15 is 0 Å². The molecule has 30 heavy (non-hydrogen) atoms. The summed E-state index contributed by atoms with van der Waals surface area (Å²) in [5.74, 6) is 0.420. The second-order valence-electron chi connectivity index (χ2n) is 8.26. The molecule has 0 radical (unpaired) electrons. The number of carbonyl (C=O) groups is 2. The van der Waals surface area contributed by atoms with Crippen LogP contribution in [0.4, 0.5) is 5.69 Å². The first kappa shape index (κ1) is 20.3. The Morgan fingerprint density at radius 1 is 1.27 bits per heavy atom. The number of nitrogens with zero attached hydrogens (tertiary/aromatic N) is 4. The van der Waals surface area contributed by atoms with Crippen molar-refractivity contribution in [3.63, 3.8) is 0 Å². The Morgan fingerprint density at radius 3 is 2.83 bits per heavy atom. The first-order valence-corrected chi connectivity index (χ1v) is 10.5. The number of hydrogen-bond acceptors (Lipinski definition) is 6. The Morgan fingerprint density at radius 2 is 2.10 bits per heavy atom. The average molecular weight is 412 g/mol. The Hall–Kier alpha value is -2.94. The van der Waals surface area contributed by atoms with Crippen molar-refractivity contribution in [3.05, 3.63) is 30.5 Å². The number of nitrogens with one attached hydrogen (secondary N) is 2. The number of hydrogen-bond donors (Lipinski definition) is 3. The maximum absolute atomic E-state index is 12.6. The minimum atomic E-state index is -0.0815. The van der Waals surface area contributed by atoms with Gasteiger partial charge in [0.2, 0.25) is 11.8 Å². The molecule has 4 N–H and O–H groups in total. The molecule has 160 valence electrons. The maximum atomic E-state index is 12.6. The van der Waals surface area contributed by atoms with Crippen molar-refractivity contribution >= 4 is 17.5 Å². The average Bonchev–Trinajstić information content (AvgIpc) is 3.20. The molecule has 9 nitrogen and oxygen atoms in total. The van der Waals surface area contributed by atoms with Crippen molar-refractivity contribution in [2.45, 2.75) is 32.4 Å². The molecule has 1 aromatic heterocycles. The van der Waals surface area contributed by atoms with Gasteiger partial charge in [-0.25, -0.2) is 0 Å². The zero-order valence-electron chi connectivity index (χ0n) is 17.3. The largest absolute Gasteiger partial charge is 0.399 e. The first-order valence-electron chi connectivity index (χ1n) is 10.5. The lowest BCUT2D eigenvalue weighted by molar-refractivity contribution is -0.133. The van der Waals surface area contributed by atoms with Crippen molar-refractivity contribution in [1.82, 2.24) is 30.5 Å². The highest BCUT2D eigenvalue weighted by atomic mass is 16.2. The molecule has 0 spiro atoms. The Bertz CT molecular complexity index is 912. The molecule has 4 atom stereocenters. The first-order chi connectivity index (χ1) is 14.5. The summed E-state index contributed by atoms with van der Waals surface area (Å²) >= 11 is 0. The minimum Gasteiger partial charge on any atom is -0.399 e. The summed E-state index contributed by atoms with van der Waals surface area (Å²) in [5, 5.41) is 14.3. The van der Waals surface area contributed by atoms with Crippen LogP contribution >= 0.6 is 0 Å². The second kappa shape index (κ2) is 8.83. The van der Waals surface area contributed by atoms with Crippen molar-refractivity contribution in [2.24, 2.45) is 11.8 Å². The van der Waals surface area contributed by atoms with Crippen LogP contribution < -0.4 is 16.4 Å². The summed E-state index contributed by atoms with van der Waals surface area (Å²) in [5.41, 5.74) is 8.35. The molecule has 4 unspecified atom stereocenters. The number of nitrogen functional groups attached to an aromatic ring is 1. The summed E-state index contributed by atoms with van der Waals surface area (Å²) < 4.78 is 1.90. The zero-order valence-corrected chi connectivity index (χ0v) is 17.3. The molecule has 5 rings (SSSR count). The predicted molar refractivity (Wildman–Crippen MR) is 113 cm³/mol. The fourth-order valence-corrected chi connectivity index (χ4v) is 4.61. The summed E-state index contributed by atoms with van der Waals surface area (Å²) in [6.45, 7) is 4.97. The molecule has 3 aliphatic rings. The minimum absolute atomic E-state index is 0.0194. The van der Waals surface area contributed by atoms with Crippen LogP contribution in [0, 0.1) is 11.8 Å². The molecule has 3 aliphatic heterocycles. The molecular formula is C21H29N7O2. The predicted octanol–water partition coefficient (Wildman–Crippen LogP) is 0.490. The van der Waals surface area contributed by atoms with Gasteiger partial charge in [-0.15, -0.1) is 5.10 Å². The van der Waals surface area contributed by atoms with Crippen molar-refractivity contribution < 1.29 is 9.59 Å². The van der Waals surface area contributed by atoms with Crippen LogP contribution in [0.25, 0.3) is 11.3 Å². The van der Waals surface area contributed by atoms with E-state index in [0.717, 1.165) is 43.7 Å². The van der Waals surface area contributed by atoms with Gasteiger partial charge in [0.15, 0.2) is 0 Å². The van der Waals surface area contributed by atoms with E-state index in [1.165, 1.54) is 6.92 Å². The molecule has 2 aromatic rings. The Balaban J connectivity index is 1.32. The molecular weight excluding hydrogens is 382 g/mol. The number of amides is 2. The number of fused-ring (bicyclic) bond motifs is 3. The molecule has 0 saturated carbocycles. The standard InChI is InChI=1S/C21H29N7O2/c1-14(29)23-6-7-24-21(30)19-12-27-8-5-15(19)10-18(27)11-28-13-20(25-26-28)16-3-2-4-17(22)9-16/h2-4,9,13,15,18-19H,5-8,10-12,22H2,1H3,(H,23,29)(H,24,30). The van der Waals surface area contributed by atoms with E-state index in [2.05, 4.69) is 25.8 Å². The summed E-state index contributed by atoms with van der Waals surface area (Å²) in [4.78, 5) is 25.9. The van der Waals surface area contributed by atoms with Crippen LogP contribution in [0.15, 0.2) is 30.5 Å². The van der Waals surface area contributed by atoms with E-state index in [0.29, 0.717) is 30.7 Å². The molecule has 4 heterocycles. The van der Waals surface area contributed by atoms with Gasteiger partial charge in [0.1, 0.15) is 5.69 Å². The highest BCUT2D eigenvalue weighted by Crippen LogP contribution is 2.37. The number of benzene rings is 1. The summed E-state index contributed by atoms with van der Waals surface area (Å²) in [6.07, 6.45) is 3.99. The highest BCUT2D eigenvalue weighted by molar-refractivity contribution is 5.79. The zero-order chi connectivity index (χ0) is 21.1. The van der Waals surface area contributed by atoms with Crippen LogP contribution in [0.2, 0.25) is 0 Å². The smallest absolute Gasteiger partial charge is 0.224 e. The number of piperidine rings is 3. The van der Waals surface area contributed by atoms with Gasteiger partial charge in [0.05, 0.1) is 18.7 Å². The molecule has 1 aromatic carbocycles. The maximum Gasteiger partial charge on any atom is 0.224 e. The fraction of sp³-hybridized carbons (Fsp3) is 0.524. The quantitative estimate of drug-likeness (QED) is 0.451. The number of anilines is 1. The topological polar surface area (TPSA) is 118 Å². The van der Waals surface area contributed by atoms with Crippen LogP contribution in [0.5, 0.6) is 0 Å². The molecule has 3 fully saturated rings. The molecule has 9 heteroatoms. The number of aromatic nitrogens is 3. The van der Waals surface area contributed by atoms with Gasteiger partial charge in [-0.05, 0) is 37.4 Å². The van der Waals surface area contributed by atoms with E-state index in [1.54, 1.807) is 0 Å². The van der Waals surface area contributed by atoms with Gasteiger partial charge >= 0.3 is 0 Å². The lowest BCUT2D eigenvalue weighted by Crippen LogP contribution is -2.58. The van der Waals surface area contributed by atoms with Gasteiger partial charge < -0.3 is 16.4 Å². The third kappa shape index (κ3) is 4.62. The van der Waals surface area contributed by atoms with Gasteiger partial charge in [0, 0.05) is 43.9 Å². The van der Waals surface area contributed by atoms with Crippen molar-refractivity contribution in [3.8, 4) is 11.3 Å². The summed E-state index contributed by atoms with van der Waals surface area (Å²) in [7, 11) is 0. The lowest BCUT2D eigenvalue weighted by atomic mass is 9.75. The SMILES string of the molecule is CC(=O)NCCNC(=O)C1CN2CCC1CC2Cn1cc(-c2cccc(N)c2)nn1. The molecule has 3 saturated heterocycles. The van der Waals surface area contributed by atoms with E-state index in [4.69, 9.17) is 5.73 Å². The van der Waals surface area contributed by atoms with E-state index in [9.17, 15) is 9.59 Å². The van der Waals surface area contributed by atoms with Crippen molar-refractivity contribution in [1.29, 1.82) is 0 Å². The number of carbonyl (C=O) groups excluding carboxylic acids is 2. The molecule has 0 aliphatic carbocycles. The summed E-state index contributed by atoms with van der Waals surface area (Å²) in [6, 6.07) is 8.01. The lowest BCUT2D eigenvalue weighted by Gasteiger charge is -2.49. The monoisotopic (exact) mass is 411 g/mol. The van der Waals surface area contributed by atoms with Crippen molar-refractivity contribution in [2.75, 3.05) is 31.9 Å². The van der Waals surface area contributed by atoms with E-state index < -0.39 is 0 Å². The third-order valence-corrected chi connectivity index (χ3v) is 6.13. The Kier molecular flexibility index (Phi) is 5.98. The fourth-order valence-electron chi connectivity index (χ4n) is 4.61. The highest BCUT2D eigenvalue weighted by Gasteiger charge is 2.43. The van der Waals surface area contributed by atoms with Crippen LogP contribution in [0.1, 0.15) is 19.8 Å². The number of nitrogens with two attached hydrogens (primary N) is 1. The number of rotatable bonds is 7. The van der Waals surface area contributed by atoms with Gasteiger partial charge in [-0.2, -0.15) is 0 Å². The van der Waals surface area contributed by atoms with E-state index in [-0.39, 0.29) is 17.7 Å². The van der Waals surface area contributed by atoms with Gasteiger partial charge in [-0.3, -0.25) is 19.2 Å². The normalized spacial score (nSPS) is 25.1.